The van der Waals surface area contributed by atoms with Gasteiger partial charge in [0.1, 0.15) is 12.0 Å². The number of allylic oxidation sites excluding steroid dienone is 1. The molecule has 1 aromatic carbocycles. The number of aromatic hydroxyl groups is 1. The maximum Gasteiger partial charge on any atom is 0.338 e. The van der Waals surface area contributed by atoms with E-state index >= 15 is 0 Å². The number of aliphatic hydroxyl groups is 1. The molecule has 0 atom stereocenters. The lowest BCUT2D eigenvalue weighted by Gasteiger charge is -2.10. The van der Waals surface area contributed by atoms with Crippen LogP contribution >= 0.6 is 0 Å². The first-order valence-electron chi connectivity index (χ1n) is 6.67. The van der Waals surface area contributed by atoms with Crippen LogP contribution in [-0.2, 0) is 9.53 Å². The molecule has 1 aromatic heterocycles. The third-order valence-electron chi connectivity index (χ3n) is 3.23. The molecule has 0 aliphatic heterocycles. The fraction of sp³-hybridized carbons (Fsp3) is 0.188. The Balaban J connectivity index is 2.94. The smallest absolute Gasteiger partial charge is 0.338 e. The van der Waals surface area contributed by atoms with Crippen molar-refractivity contribution in [3.63, 3.8) is 0 Å². The first-order valence-corrected chi connectivity index (χ1v) is 6.67. The summed E-state index contributed by atoms with van der Waals surface area (Å²) in [6, 6.07) is 1.12. The quantitative estimate of drug-likeness (QED) is 0.493. The lowest BCUT2D eigenvalue weighted by atomic mass is 10.0. The first kappa shape index (κ1) is 17.1. The summed E-state index contributed by atoms with van der Waals surface area (Å²) >= 11 is 0. The van der Waals surface area contributed by atoms with Crippen molar-refractivity contribution >= 4 is 28.5 Å². The van der Waals surface area contributed by atoms with Gasteiger partial charge in [-0.1, -0.05) is 0 Å². The summed E-state index contributed by atoms with van der Waals surface area (Å²) in [5.41, 5.74) is -1.68. The molecular formula is C16H14O8. The Kier molecular flexibility index (Phi) is 4.59. The van der Waals surface area contributed by atoms with Crippen LogP contribution in [0.4, 0.5) is 0 Å². The summed E-state index contributed by atoms with van der Waals surface area (Å²) in [5, 5.41) is 19.6. The van der Waals surface area contributed by atoms with Crippen LogP contribution in [0.2, 0.25) is 0 Å². The summed E-state index contributed by atoms with van der Waals surface area (Å²) < 4.78 is 14.7. The van der Waals surface area contributed by atoms with Crippen LogP contribution in [0.1, 0.15) is 22.8 Å². The molecular weight excluding hydrogens is 320 g/mol. The third kappa shape index (κ3) is 2.81. The Morgan fingerprint density at radius 1 is 1.25 bits per heavy atom. The Labute approximate surface area is 135 Å². The van der Waals surface area contributed by atoms with Crippen molar-refractivity contribution < 1.29 is 33.7 Å². The number of ether oxygens (including phenoxy) is 2. The minimum absolute atomic E-state index is 0.0951. The van der Waals surface area contributed by atoms with Gasteiger partial charge in [0.2, 0.25) is 11.2 Å². The van der Waals surface area contributed by atoms with Crippen molar-refractivity contribution in [3.8, 4) is 11.5 Å². The molecule has 2 rings (SSSR count). The zero-order valence-electron chi connectivity index (χ0n) is 13.1. The fourth-order valence-corrected chi connectivity index (χ4v) is 2.14. The van der Waals surface area contributed by atoms with E-state index in [9.17, 15) is 24.6 Å². The molecule has 0 aliphatic rings. The number of ketones is 1. The highest BCUT2D eigenvalue weighted by Gasteiger charge is 2.24. The van der Waals surface area contributed by atoms with Crippen molar-refractivity contribution in [1.82, 2.24) is 0 Å². The van der Waals surface area contributed by atoms with E-state index in [0.29, 0.717) is 0 Å². The Morgan fingerprint density at radius 2 is 1.92 bits per heavy atom. The topological polar surface area (TPSA) is 123 Å². The second kappa shape index (κ2) is 6.45. The minimum atomic E-state index is -0.863. The second-order valence-electron chi connectivity index (χ2n) is 4.79. The molecule has 24 heavy (non-hydrogen) atoms. The van der Waals surface area contributed by atoms with Gasteiger partial charge in [0.25, 0.3) is 0 Å². The molecule has 8 nitrogen and oxygen atoms in total. The number of rotatable bonds is 4. The van der Waals surface area contributed by atoms with Gasteiger partial charge in [0.15, 0.2) is 17.1 Å². The average Bonchev–Trinajstić information content (AvgIpc) is 2.54. The van der Waals surface area contributed by atoms with Crippen LogP contribution in [0.5, 0.6) is 11.5 Å². The Morgan fingerprint density at radius 3 is 2.46 bits per heavy atom. The number of hydrogen-bond donors (Lipinski definition) is 2. The van der Waals surface area contributed by atoms with Crippen molar-refractivity contribution in [2.45, 2.75) is 6.92 Å². The predicted octanol–water partition coefficient (Wildman–Crippen LogP) is 1.78. The number of phenols is 1. The van der Waals surface area contributed by atoms with Crippen LogP contribution in [-0.4, -0.2) is 36.2 Å². The molecule has 1 heterocycles. The number of carbonyl (C=O) groups is 2. The van der Waals surface area contributed by atoms with E-state index in [0.717, 1.165) is 25.5 Å². The number of hydrogen-bond acceptors (Lipinski definition) is 8. The number of phenolic OH excluding ortho intramolecular Hbond substituents is 1. The molecule has 0 saturated carbocycles. The molecule has 126 valence electrons. The normalized spacial score (nSPS) is 11.4. The standard InChI is InChI=1S/C16H14O8/c1-7(17)4-10(18)9-6-24-15-12(13(9)19)8(16(21)23-3)5-11(22-2)14(15)20/h4-6,18,20H,1-3H3. The van der Waals surface area contributed by atoms with Gasteiger partial charge in [-0.15, -0.1) is 0 Å². The van der Waals surface area contributed by atoms with Gasteiger partial charge in [0.05, 0.1) is 30.7 Å². The molecule has 8 heteroatoms. The average molecular weight is 334 g/mol. The SMILES string of the molecule is COC(=O)c1cc(OC)c(O)c2occ(C(O)=CC(C)=O)c(=O)c12. The van der Waals surface area contributed by atoms with Gasteiger partial charge in [-0.05, 0) is 13.0 Å². The van der Waals surface area contributed by atoms with Gasteiger partial charge >= 0.3 is 5.97 Å². The maximum atomic E-state index is 12.6. The molecule has 0 fully saturated rings. The summed E-state index contributed by atoms with van der Waals surface area (Å²) in [7, 11) is 2.38. The van der Waals surface area contributed by atoms with Crippen LogP contribution in [0, 0.1) is 0 Å². The maximum absolute atomic E-state index is 12.6. The van der Waals surface area contributed by atoms with Crippen molar-refractivity contribution in [2.24, 2.45) is 0 Å². The van der Waals surface area contributed by atoms with Crippen LogP contribution in [0.15, 0.2) is 27.6 Å². The molecule has 0 unspecified atom stereocenters. The van der Waals surface area contributed by atoms with Gasteiger partial charge in [0, 0.05) is 6.08 Å². The van der Waals surface area contributed by atoms with E-state index in [4.69, 9.17) is 9.15 Å². The highest BCUT2D eigenvalue weighted by Crippen LogP contribution is 2.36. The Hall–Kier alpha value is -3.29. The lowest BCUT2D eigenvalue weighted by Crippen LogP contribution is -2.14. The third-order valence-corrected chi connectivity index (χ3v) is 3.23. The van der Waals surface area contributed by atoms with E-state index in [1.807, 2.05) is 0 Å². The summed E-state index contributed by atoms with van der Waals surface area (Å²) in [4.78, 5) is 35.6. The fourth-order valence-electron chi connectivity index (χ4n) is 2.14. The van der Waals surface area contributed by atoms with Crippen LogP contribution < -0.4 is 10.2 Å². The van der Waals surface area contributed by atoms with E-state index in [1.54, 1.807) is 0 Å². The second-order valence-corrected chi connectivity index (χ2v) is 4.79. The number of methoxy groups -OCH3 is 2. The Bertz CT molecular complexity index is 920. The van der Waals surface area contributed by atoms with E-state index in [2.05, 4.69) is 4.74 Å². The predicted molar refractivity (Wildman–Crippen MR) is 83.3 cm³/mol. The summed E-state index contributed by atoms with van der Waals surface area (Å²) in [5.74, 6) is -2.55. The molecule has 2 N–H and O–H groups in total. The van der Waals surface area contributed by atoms with Gasteiger partial charge in [-0.25, -0.2) is 4.79 Å². The number of carbonyl (C=O) groups excluding carboxylic acids is 2. The highest BCUT2D eigenvalue weighted by molar-refractivity contribution is 6.06. The highest BCUT2D eigenvalue weighted by atomic mass is 16.5. The monoisotopic (exact) mass is 334 g/mol. The van der Waals surface area contributed by atoms with E-state index in [1.165, 1.54) is 14.0 Å². The first-order chi connectivity index (χ1) is 11.3. The number of aliphatic hydroxyl groups excluding tert-OH is 1. The molecule has 0 aliphatic carbocycles. The summed E-state index contributed by atoms with van der Waals surface area (Å²) in [6.07, 6.45) is 1.71. The lowest BCUT2D eigenvalue weighted by molar-refractivity contribution is -0.112. The van der Waals surface area contributed by atoms with E-state index < -0.39 is 28.7 Å². The number of fused-ring (bicyclic) bond motifs is 1. The largest absolute Gasteiger partial charge is 0.507 e. The number of benzene rings is 1. The number of esters is 1. The van der Waals surface area contributed by atoms with Gasteiger partial charge < -0.3 is 24.1 Å². The van der Waals surface area contributed by atoms with Gasteiger partial charge in [-0.3, -0.25) is 9.59 Å². The van der Waals surface area contributed by atoms with Crippen molar-refractivity contribution in [1.29, 1.82) is 0 Å². The van der Waals surface area contributed by atoms with Crippen molar-refractivity contribution in [2.75, 3.05) is 14.2 Å². The molecule has 0 radical (unpaired) electrons. The molecule has 0 saturated heterocycles. The molecule has 2 aromatic rings. The summed E-state index contributed by atoms with van der Waals surface area (Å²) in [6.45, 7) is 1.19. The zero-order chi connectivity index (χ0) is 18.0. The van der Waals surface area contributed by atoms with Gasteiger partial charge in [-0.2, -0.15) is 0 Å². The van der Waals surface area contributed by atoms with Crippen LogP contribution in [0.25, 0.3) is 16.7 Å². The zero-order valence-corrected chi connectivity index (χ0v) is 13.1. The molecule has 0 amide bonds. The van der Waals surface area contributed by atoms with Crippen LogP contribution in [0.3, 0.4) is 0 Å². The van der Waals surface area contributed by atoms with E-state index in [-0.39, 0.29) is 27.8 Å². The molecule has 0 bridgehead atoms. The van der Waals surface area contributed by atoms with Crippen molar-refractivity contribution in [3.05, 3.63) is 39.8 Å². The molecule has 0 spiro atoms. The minimum Gasteiger partial charge on any atom is -0.507 e.